The number of benzene rings is 2. The van der Waals surface area contributed by atoms with Crippen LogP contribution < -0.4 is 4.74 Å². The van der Waals surface area contributed by atoms with E-state index >= 15 is 0 Å². The Kier molecular flexibility index (Phi) is 6.80. The van der Waals surface area contributed by atoms with Crippen molar-refractivity contribution in [1.82, 2.24) is 9.21 Å². The summed E-state index contributed by atoms with van der Waals surface area (Å²) in [7, 11) is -0.344. The number of aryl methyl sites for hydroxylation is 1. The summed E-state index contributed by atoms with van der Waals surface area (Å²) in [5.74, 6) is 0.520. The molecule has 2 aromatic rings. The Morgan fingerprint density at radius 1 is 1.13 bits per heavy atom. The van der Waals surface area contributed by atoms with Crippen molar-refractivity contribution in [3.05, 3.63) is 59.2 Å². The van der Waals surface area contributed by atoms with Crippen molar-refractivity contribution < 1.29 is 22.7 Å². The Labute approximate surface area is 178 Å². The van der Waals surface area contributed by atoms with Crippen molar-refractivity contribution in [2.75, 3.05) is 40.5 Å². The van der Waals surface area contributed by atoms with Gasteiger partial charge in [0.25, 0.3) is 5.91 Å². The Morgan fingerprint density at radius 3 is 2.37 bits per heavy atom. The van der Waals surface area contributed by atoms with E-state index in [-0.39, 0.29) is 16.8 Å². The fourth-order valence-corrected chi connectivity index (χ4v) is 4.83. The predicted octanol–water partition coefficient (Wildman–Crippen LogP) is 2.86. The average Bonchev–Trinajstić information content (AvgIpc) is 2.78. The first-order chi connectivity index (χ1) is 14.3. The SMILES string of the molecule is COc1ccc(C(C)N(C)C(=O)c2cc(S(=O)(=O)N3CCOCC3)ccc2C)cc1. The normalized spacial score (nSPS) is 16.1. The molecule has 1 unspecified atom stereocenters. The fraction of sp³-hybridized carbons (Fsp3) is 0.409. The second kappa shape index (κ2) is 9.16. The van der Waals surface area contributed by atoms with Crippen LogP contribution in [0.15, 0.2) is 47.4 Å². The number of nitrogens with zero attached hydrogens (tertiary/aromatic N) is 2. The van der Waals surface area contributed by atoms with Crippen LogP contribution in [0.4, 0.5) is 0 Å². The molecule has 162 valence electrons. The third-order valence-corrected chi connectivity index (χ3v) is 7.44. The lowest BCUT2D eigenvalue weighted by Gasteiger charge is -2.28. The highest BCUT2D eigenvalue weighted by molar-refractivity contribution is 7.89. The molecular formula is C22H28N2O5S. The van der Waals surface area contributed by atoms with Crippen LogP contribution in [-0.2, 0) is 14.8 Å². The van der Waals surface area contributed by atoms with Gasteiger partial charge < -0.3 is 14.4 Å². The van der Waals surface area contributed by atoms with Gasteiger partial charge in [-0.1, -0.05) is 18.2 Å². The molecule has 0 aromatic heterocycles. The lowest BCUT2D eigenvalue weighted by Crippen LogP contribution is -2.40. The number of carbonyl (C=O) groups excluding carboxylic acids is 1. The van der Waals surface area contributed by atoms with Gasteiger partial charge in [0.15, 0.2) is 0 Å². The van der Waals surface area contributed by atoms with E-state index in [1.54, 1.807) is 31.2 Å². The molecule has 0 saturated carbocycles. The lowest BCUT2D eigenvalue weighted by atomic mass is 10.0. The lowest BCUT2D eigenvalue weighted by molar-refractivity contribution is 0.0728. The number of morpholine rings is 1. The highest BCUT2D eigenvalue weighted by Crippen LogP contribution is 2.26. The van der Waals surface area contributed by atoms with Crippen LogP contribution in [0.2, 0.25) is 0 Å². The molecule has 1 aliphatic heterocycles. The molecule has 30 heavy (non-hydrogen) atoms. The summed E-state index contributed by atoms with van der Waals surface area (Å²) in [6.45, 7) is 5.12. The van der Waals surface area contributed by atoms with Gasteiger partial charge in [0.05, 0.1) is 31.3 Å². The third-order valence-electron chi connectivity index (χ3n) is 5.55. The molecule has 1 fully saturated rings. The minimum atomic E-state index is -3.67. The van der Waals surface area contributed by atoms with E-state index in [1.165, 1.54) is 10.4 Å². The fourth-order valence-electron chi connectivity index (χ4n) is 3.40. The number of rotatable bonds is 6. The summed E-state index contributed by atoms with van der Waals surface area (Å²) in [5.41, 5.74) is 2.07. The van der Waals surface area contributed by atoms with Crippen molar-refractivity contribution in [1.29, 1.82) is 0 Å². The van der Waals surface area contributed by atoms with Crippen molar-refractivity contribution in [2.45, 2.75) is 24.8 Å². The number of ether oxygens (including phenoxy) is 2. The minimum absolute atomic E-state index is 0.129. The smallest absolute Gasteiger partial charge is 0.254 e. The van der Waals surface area contributed by atoms with E-state index in [0.717, 1.165) is 16.9 Å². The van der Waals surface area contributed by atoms with Gasteiger partial charge in [-0.3, -0.25) is 4.79 Å². The number of hydrogen-bond acceptors (Lipinski definition) is 5. The molecule has 2 aromatic carbocycles. The number of amides is 1. The molecule has 1 aliphatic rings. The van der Waals surface area contributed by atoms with Crippen LogP contribution in [-0.4, -0.2) is 64.0 Å². The minimum Gasteiger partial charge on any atom is -0.497 e. The van der Waals surface area contributed by atoms with E-state index in [0.29, 0.717) is 31.9 Å². The standard InChI is InChI=1S/C22H28N2O5S/c1-16-5-10-20(30(26,27)24-11-13-29-14-12-24)15-21(16)22(25)23(3)17(2)18-6-8-19(28-4)9-7-18/h5-10,15,17H,11-14H2,1-4H3. The van der Waals surface area contributed by atoms with Crippen molar-refractivity contribution >= 4 is 15.9 Å². The van der Waals surface area contributed by atoms with Crippen molar-refractivity contribution in [3.8, 4) is 5.75 Å². The van der Waals surface area contributed by atoms with E-state index in [4.69, 9.17) is 9.47 Å². The van der Waals surface area contributed by atoms with Crippen LogP contribution in [0.3, 0.4) is 0 Å². The molecule has 1 saturated heterocycles. The van der Waals surface area contributed by atoms with Gasteiger partial charge in [-0.2, -0.15) is 4.31 Å². The first kappa shape index (κ1) is 22.3. The first-order valence-electron chi connectivity index (χ1n) is 9.85. The quantitative estimate of drug-likeness (QED) is 0.702. The summed E-state index contributed by atoms with van der Waals surface area (Å²) in [5, 5.41) is 0. The molecule has 0 N–H and O–H groups in total. The van der Waals surface area contributed by atoms with Gasteiger partial charge in [0.2, 0.25) is 10.0 Å². The molecule has 1 heterocycles. The number of hydrogen-bond donors (Lipinski definition) is 0. The molecule has 3 rings (SSSR count). The van der Waals surface area contributed by atoms with Crippen molar-refractivity contribution in [2.24, 2.45) is 0 Å². The van der Waals surface area contributed by atoms with Gasteiger partial charge in [-0.05, 0) is 49.2 Å². The van der Waals surface area contributed by atoms with Crippen LogP contribution in [0.5, 0.6) is 5.75 Å². The number of methoxy groups -OCH3 is 1. The Balaban J connectivity index is 1.86. The summed E-state index contributed by atoms with van der Waals surface area (Å²) in [4.78, 5) is 15.0. The van der Waals surface area contributed by atoms with Crippen LogP contribution >= 0.6 is 0 Å². The van der Waals surface area contributed by atoms with Crippen molar-refractivity contribution in [3.63, 3.8) is 0 Å². The highest BCUT2D eigenvalue weighted by Gasteiger charge is 2.28. The Morgan fingerprint density at radius 2 is 1.77 bits per heavy atom. The van der Waals surface area contributed by atoms with Crippen LogP contribution in [0.1, 0.15) is 34.5 Å². The monoisotopic (exact) mass is 432 g/mol. The summed E-state index contributed by atoms with van der Waals surface area (Å²) in [6.07, 6.45) is 0. The van der Waals surface area contributed by atoms with Crippen LogP contribution in [0.25, 0.3) is 0 Å². The van der Waals surface area contributed by atoms with Gasteiger partial charge in [0, 0.05) is 25.7 Å². The molecule has 0 bridgehead atoms. The molecule has 0 radical (unpaired) electrons. The van der Waals surface area contributed by atoms with E-state index in [9.17, 15) is 13.2 Å². The zero-order valence-corrected chi connectivity index (χ0v) is 18.6. The van der Waals surface area contributed by atoms with Gasteiger partial charge in [0.1, 0.15) is 5.75 Å². The highest BCUT2D eigenvalue weighted by atomic mass is 32.2. The Bertz CT molecular complexity index is 999. The Hall–Kier alpha value is -2.42. The first-order valence-corrected chi connectivity index (χ1v) is 11.3. The topological polar surface area (TPSA) is 76.2 Å². The largest absolute Gasteiger partial charge is 0.497 e. The number of carbonyl (C=O) groups is 1. The molecule has 1 amide bonds. The summed E-state index contributed by atoms with van der Waals surface area (Å²) >= 11 is 0. The second-order valence-electron chi connectivity index (χ2n) is 7.36. The maximum Gasteiger partial charge on any atom is 0.254 e. The maximum atomic E-state index is 13.2. The van der Waals surface area contributed by atoms with Gasteiger partial charge >= 0.3 is 0 Å². The van der Waals surface area contributed by atoms with E-state index in [1.807, 2.05) is 38.1 Å². The molecule has 0 aliphatic carbocycles. The van der Waals surface area contributed by atoms with E-state index < -0.39 is 10.0 Å². The average molecular weight is 433 g/mol. The molecular weight excluding hydrogens is 404 g/mol. The molecule has 0 spiro atoms. The molecule has 8 heteroatoms. The second-order valence-corrected chi connectivity index (χ2v) is 9.30. The zero-order chi connectivity index (χ0) is 21.9. The van der Waals surface area contributed by atoms with E-state index in [2.05, 4.69) is 0 Å². The third kappa shape index (κ3) is 4.50. The molecule has 1 atom stereocenters. The maximum absolute atomic E-state index is 13.2. The summed E-state index contributed by atoms with van der Waals surface area (Å²) < 4.78 is 37.8. The van der Waals surface area contributed by atoms with Gasteiger partial charge in [-0.15, -0.1) is 0 Å². The number of sulfonamides is 1. The van der Waals surface area contributed by atoms with Gasteiger partial charge in [-0.25, -0.2) is 8.42 Å². The van der Waals surface area contributed by atoms with Crippen LogP contribution in [0, 0.1) is 6.92 Å². The predicted molar refractivity (Wildman–Crippen MR) is 114 cm³/mol. The zero-order valence-electron chi connectivity index (χ0n) is 17.8. The molecule has 7 nitrogen and oxygen atoms in total. The summed E-state index contributed by atoms with van der Waals surface area (Å²) in [6, 6.07) is 12.1.